The number of halogens is 1. The molecule has 0 radical (unpaired) electrons. The van der Waals surface area contributed by atoms with Gasteiger partial charge in [-0.05, 0) is 36.0 Å². The third-order valence-corrected chi connectivity index (χ3v) is 3.60. The summed E-state index contributed by atoms with van der Waals surface area (Å²) in [7, 11) is 1.35. The van der Waals surface area contributed by atoms with Gasteiger partial charge in [-0.25, -0.2) is 0 Å². The first-order valence-electron chi connectivity index (χ1n) is 6.24. The number of fused-ring (bicyclic) bond motifs is 1. The van der Waals surface area contributed by atoms with Gasteiger partial charge in [0.25, 0.3) is 0 Å². The van der Waals surface area contributed by atoms with Gasteiger partial charge in [0.1, 0.15) is 5.38 Å². The van der Waals surface area contributed by atoms with Gasteiger partial charge in [-0.3, -0.25) is 4.79 Å². The van der Waals surface area contributed by atoms with Gasteiger partial charge < -0.3 is 10.1 Å². The Hall–Kier alpha value is -1.06. The molecule has 0 heterocycles. The molecule has 1 aromatic carbocycles. The van der Waals surface area contributed by atoms with Crippen LogP contribution in [0.4, 0.5) is 0 Å². The van der Waals surface area contributed by atoms with Gasteiger partial charge in [0, 0.05) is 13.1 Å². The normalized spacial score (nSPS) is 15.2. The molecular weight excluding hydrogens is 250 g/mol. The number of hydrogen-bond donors (Lipinski definition) is 1. The minimum atomic E-state index is -0.621. The van der Waals surface area contributed by atoms with Crippen LogP contribution >= 0.6 is 11.6 Å². The molecule has 0 spiro atoms. The van der Waals surface area contributed by atoms with Crippen molar-refractivity contribution in [1.82, 2.24) is 5.32 Å². The number of alkyl halides is 1. The largest absolute Gasteiger partial charge is 0.468 e. The first-order chi connectivity index (χ1) is 8.70. The summed E-state index contributed by atoms with van der Waals surface area (Å²) in [6, 6.07) is 6.59. The lowest BCUT2D eigenvalue weighted by Gasteiger charge is -2.10. The fraction of sp³-hybridized carbons (Fsp3) is 0.500. The van der Waals surface area contributed by atoms with E-state index >= 15 is 0 Å². The topological polar surface area (TPSA) is 38.3 Å². The summed E-state index contributed by atoms with van der Waals surface area (Å²) in [4.78, 5) is 11.1. The molecule has 18 heavy (non-hydrogen) atoms. The molecule has 1 aliphatic rings. The monoisotopic (exact) mass is 267 g/mol. The smallest absolute Gasteiger partial charge is 0.325 e. The van der Waals surface area contributed by atoms with Crippen LogP contribution in [0.5, 0.6) is 0 Å². The van der Waals surface area contributed by atoms with Crippen molar-refractivity contribution in [2.45, 2.75) is 31.2 Å². The molecule has 1 aliphatic carbocycles. The summed E-state index contributed by atoms with van der Waals surface area (Å²) in [5.41, 5.74) is 4.18. The number of carbonyl (C=O) groups is 1. The van der Waals surface area contributed by atoms with E-state index in [1.807, 2.05) is 0 Å². The standard InChI is InChI=1S/C14H18ClNO2/c1-18-14(17)13(15)9-16-8-10-5-6-11-3-2-4-12(11)7-10/h5-7,13,16H,2-4,8-9H2,1H3. The number of aryl methyl sites for hydroxylation is 2. The lowest BCUT2D eigenvalue weighted by atomic mass is 10.1. The highest BCUT2D eigenvalue weighted by molar-refractivity contribution is 6.30. The highest BCUT2D eigenvalue weighted by atomic mass is 35.5. The fourth-order valence-corrected chi connectivity index (χ4v) is 2.49. The predicted molar refractivity (Wildman–Crippen MR) is 71.8 cm³/mol. The fourth-order valence-electron chi connectivity index (χ4n) is 2.29. The van der Waals surface area contributed by atoms with E-state index in [-0.39, 0.29) is 0 Å². The first kappa shape index (κ1) is 13.4. The predicted octanol–water partition coefficient (Wildman–Crippen LogP) is 2.05. The molecule has 0 fully saturated rings. The second-order valence-corrected chi connectivity index (χ2v) is 5.11. The quantitative estimate of drug-likeness (QED) is 0.655. The highest BCUT2D eigenvalue weighted by Gasteiger charge is 2.15. The minimum Gasteiger partial charge on any atom is -0.468 e. The number of nitrogens with one attached hydrogen (secondary N) is 1. The molecule has 4 heteroatoms. The molecule has 0 bridgehead atoms. The first-order valence-corrected chi connectivity index (χ1v) is 6.67. The van der Waals surface area contributed by atoms with Crippen LogP contribution in [0.2, 0.25) is 0 Å². The average Bonchev–Trinajstić information content (AvgIpc) is 2.85. The average molecular weight is 268 g/mol. The zero-order chi connectivity index (χ0) is 13.0. The molecule has 0 aliphatic heterocycles. The number of benzene rings is 1. The van der Waals surface area contributed by atoms with Crippen LogP contribution in [0.25, 0.3) is 0 Å². The van der Waals surface area contributed by atoms with E-state index < -0.39 is 11.3 Å². The lowest BCUT2D eigenvalue weighted by molar-refractivity contribution is -0.140. The molecule has 0 amide bonds. The van der Waals surface area contributed by atoms with Crippen LogP contribution in [0.15, 0.2) is 18.2 Å². The minimum absolute atomic E-state index is 0.391. The van der Waals surface area contributed by atoms with Gasteiger partial charge in [-0.15, -0.1) is 11.6 Å². The van der Waals surface area contributed by atoms with E-state index in [9.17, 15) is 4.79 Å². The molecule has 0 saturated heterocycles. The maximum Gasteiger partial charge on any atom is 0.325 e. The van der Waals surface area contributed by atoms with E-state index in [0.29, 0.717) is 6.54 Å². The number of methoxy groups -OCH3 is 1. The molecule has 98 valence electrons. The number of rotatable bonds is 5. The van der Waals surface area contributed by atoms with Crippen molar-refractivity contribution in [1.29, 1.82) is 0 Å². The Balaban J connectivity index is 1.82. The lowest BCUT2D eigenvalue weighted by Crippen LogP contribution is -2.29. The third kappa shape index (κ3) is 3.24. The maximum absolute atomic E-state index is 11.1. The SMILES string of the molecule is COC(=O)C(Cl)CNCc1ccc2c(c1)CCC2. The van der Waals surface area contributed by atoms with Gasteiger partial charge in [0.15, 0.2) is 0 Å². The van der Waals surface area contributed by atoms with Gasteiger partial charge in [0.2, 0.25) is 0 Å². The summed E-state index contributed by atoms with van der Waals surface area (Å²) in [5, 5.41) is 2.55. The Kier molecular flexibility index (Phi) is 4.61. The van der Waals surface area contributed by atoms with Crippen molar-refractivity contribution in [2.75, 3.05) is 13.7 Å². The van der Waals surface area contributed by atoms with Crippen molar-refractivity contribution in [2.24, 2.45) is 0 Å². The second-order valence-electron chi connectivity index (χ2n) is 4.58. The Morgan fingerprint density at radius 2 is 2.22 bits per heavy atom. The number of carbonyl (C=O) groups excluding carboxylic acids is 1. The molecule has 3 nitrogen and oxygen atoms in total. The number of esters is 1. The van der Waals surface area contributed by atoms with E-state index in [1.165, 1.54) is 43.1 Å². The van der Waals surface area contributed by atoms with Crippen LogP contribution in [0.1, 0.15) is 23.1 Å². The van der Waals surface area contributed by atoms with Crippen LogP contribution in [0.3, 0.4) is 0 Å². The van der Waals surface area contributed by atoms with Crippen LogP contribution in [-0.2, 0) is 28.9 Å². The van der Waals surface area contributed by atoms with Gasteiger partial charge in [-0.1, -0.05) is 18.2 Å². The van der Waals surface area contributed by atoms with Crippen LogP contribution in [-0.4, -0.2) is 25.0 Å². The molecule has 2 rings (SSSR count). The number of hydrogen-bond acceptors (Lipinski definition) is 3. The van der Waals surface area contributed by atoms with Crippen molar-refractivity contribution >= 4 is 17.6 Å². The van der Waals surface area contributed by atoms with Crippen molar-refractivity contribution in [3.63, 3.8) is 0 Å². The van der Waals surface area contributed by atoms with Crippen LogP contribution in [0, 0.1) is 0 Å². The zero-order valence-corrected chi connectivity index (χ0v) is 11.3. The zero-order valence-electron chi connectivity index (χ0n) is 10.5. The van der Waals surface area contributed by atoms with E-state index in [0.717, 1.165) is 6.54 Å². The number of ether oxygens (including phenoxy) is 1. The van der Waals surface area contributed by atoms with E-state index in [1.54, 1.807) is 0 Å². The molecule has 1 atom stereocenters. The summed E-state index contributed by atoms with van der Waals surface area (Å²) >= 11 is 5.85. The van der Waals surface area contributed by atoms with Crippen molar-refractivity contribution in [3.05, 3.63) is 34.9 Å². The molecule has 1 unspecified atom stereocenters. The second kappa shape index (κ2) is 6.21. The Bertz CT molecular complexity index is 434. The summed E-state index contributed by atoms with van der Waals surface area (Å²) < 4.78 is 4.56. The Labute approximate surface area is 112 Å². The maximum atomic E-state index is 11.1. The van der Waals surface area contributed by atoms with E-state index in [2.05, 4.69) is 28.3 Å². The Morgan fingerprint density at radius 1 is 1.44 bits per heavy atom. The third-order valence-electron chi connectivity index (χ3n) is 3.27. The molecule has 0 aromatic heterocycles. The molecule has 1 N–H and O–H groups in total. The molecular formula is C14H18ClNO2. The van der Waals surface area contributed by atoms with Crippen LogP contribution < -0.4 is 5.32 Å². The highest BCUT2D eigenvalue weighted by Crippen LogP contribution is 2.22. The summed E-state index contributed by atoms with van der Waals surface area (Å²) in [6.07, 6.45) is 3.65. The van der Waals surface area contributed by atoms with Gasteiger partial charge >= 0.3 is 5.97 Å². The van der Waals surface area contributed by atoms with Crippen molar-refractivity contribution in [3.8, 4) is 0 Å². The van der Waals surface area contributed by atoms with E-state index in [4.69, 9.17) is 11.6 Å². The van der Waals surface area contributed by atoms with Crippen molar-refractivity contribution < 1.29 is 9.53 Å². The molecule has 0 saturated carbocycles. The summed E-state index contributed by atoms with van der Waals surface area (Å²) in [5.74, 6) is -0.391. The van der Waals surface area contributed by atoms with Gasteiger partial charge in [-0.2, -0.15) is 0 Å². The van der Waals surface area contributed by atoms with Gasteiger partial charge in [0.05, 0.1) is 7.11 Å². The molecule has 1 aromatic rings. The Morgan fingerprint density at radius 3 is 3.00 bits per heavy atom. The summed E-state index contributed by atoms with van der Waals surface area (Å²) in [6.45, 7) is 1.15.